The van der Waals surface area contributed by atoms with Crippen LogP contribution in [0.15, 0.2) is 46.5 Å². The van der Waals surface area contributed by atoms with Crippen LogP contribution in [0.1, 0.15) is 17.2 Å². The van der Waals surface area contributed by atoms with Crippen molar-refractivity contribution in [3.63, 3.8) is 0 Å². The fourth-order valence-electron chi connectivity index (χ4n) is 1.94. The summed E-state index contributed by atoms with van der Waals surface area (Å²) in [7, 11) is 0. The van der Waals surface area contributed by atoms with Crippen LogP contribution in [0.25, 0.3) is 10.8 Å². The Morgan fingerprint density at radius 3 is 3.00 bits per heavy atom. The van der Waals surface area contributed by atoms with Crippen LogP contribution in [0.5, 0.6) is 0 Å². The van der Waals surface area contributed by atoms with Crippen LogP contribution in [-0.4, -0.2) is 4.98 Å². The van der Waals surface area contributed by atoms with E-state index in [2.05, 4.69) is 51.3 Å². The first-order valence-corrected chi connectivity index (χ1v) is 6.86. The Labute approximate surface area is 107 Å². The van der Waals surface area contributed by atoms with Crippen molar-refractivity contribution in [2.24, 2.45) is 0 Å². The Hall–Kier alpha value is -0.800. The summed E-state index contributed by atoms with van der Waals surface area (Å²) in [6, 6.07) is 8.71. The Balaban J connectivity index is 1.99. The quantitative estimate of drug-likeness (QED) is 0.759. The molecule has 0 aliphatic carbocycles. The van der Waals surface area contributed by atoms with Crippen LogP contribution in [0, 0.1) is 0 Å². The van der Waals surface area contributed by atoms with Gasteiger partial charge < -0.3 is 0 Å². The van der Waals surface area contributed by atoms with Gasteiger partial charge in [0.15, 0.2) is 0 Å². The van der Waals surface area contributed by atoms with Gasteiger partial charge in [0.25, 0.3) is 0 Å². The van der Waals surface area contributed by atoms with Crippen molar-refractivity contribution in [3.8, 4) is 0 Å². The molecule has 0 fully saturated rings. The molecule has 2 aromatic rings. The van der Waals surface area contributed by atoms with Gasteiger partial charge in [0.2, 0.25) is 0 Å². The largest absolute Gasteiger partial charge is 0.264 e. The SMILES string of the molecule is BrC1=CCC(c2ccc3cnccc3c2)S1. The molecule has 3 rings (SSSR count). The predicted octanol–water partition coefficient (Wildman–Crippen LogP) is 4.65. The van der Waals surface area contributed by atoms with E-state index in [0.717, 1.165) is 6.42 Å². The van der Waals surface area contributed by atoms with Crippen molar-refractivity contribution in [1.82, 2.24) is 4.98 Å². The smallest absolute Gasteiger partial charge is 0.0469 e. The maximum absolute atomic E-state index is 4.13. The lowest BCUT2D eigenvalue weighted by atomic mass is 10.1. The molecule has 1 nitrogen and oxygen atoms in total. The third-order valence-corrected chi connectivity index (χ3v) is 4.81. The zero-order valence-electron chi connectivity index (χ0n) is 8.56. The van der Waals surface area contributed by atoms with Gasteiger partial charge in [0.1, 0.15) is 0 Å². The van der Waals surface area contributed by atoms with E-state index in [-0.39, 0.29) is 0 Å². The lowest BCUT2D eigenvalue weighted by Gasteiger charge is -2.10. The number of nitrogens with zero attached hydrogens (tertiary/aromatic N) is 1. The van der Waals surface area contributed by atoms with Crippen molar-refractivity contribution < 1.29 is 0 Å². The summed E-state index contributed by atoms with van der Waals surface area (Å²) in [6.07, 6.45) is 7.12. The van der Waals surface area contributed by atoms with E-state index >= 15 is 0 Å². The van der Waals surface area contributed by atoms with Crippen LogP contribution < -0.4 is 0 Å². The van der Waals surface area contributed by atoms with Crippen LogP contribution in [-0.2, 0) is 0 Å². The van der Waals surface area contributed by atoms with Gasteiger partial charge in [-0.2, -0.15) is 0 Å². The second kappa shape index (κ2) is 4.22. The van der Waals surface area contributed by atoms with E-state index < -0.39 is 0 Å². The van der Waals surface area contributed by atoms with E-state index in [0.29, 0.717) is 5.25 Å². The molecule has 0 N–H and O–H groups in total. The van der Waals surface area contributed by atoms with E-state index in [1.165, 1.54) is 20.2 Å². The van der Waals surface area contributed by atoms with Gasteiger partial charge in [-0.25, -0.2) is 0 Å². The summed E-state index contributed by atoms with van der Waals surface area (Å²) in [5.41, 5.74) is 1.40. The first kappa shape index (κ1) is 10.4. The first-order valence-electron chi connectivity index (χ1n) is 5.19. The van der Waals surface area contributed by atoms with Gasteiger partial charge >= 0.3 is 0 Å². The molecule has 1 aliphatic heterocycles. The Kier molecular flexibility index (Phi) is 2.74. The van der Waals surface area contributed by atoms with Crippen molar-refractivity contribution in [2.45, 2.75) is 11.7 Å². The van der Waals surface area contributed by atoms with Gasteiger partial charge in [-0.3, -0.25) is 4.98 Å². The third-order valence-electron chi connectivity index (χ3n) is 2.78. The number of hydrogen-bond acceptors (Lipinski definition) is 2. The topological polar surface area (TPSA) is 12.9 Å². The zero-order valence-corrected chi connectivity index (χ0v) is 11.0. The zero-order chi connectivity index (χ0) is 11.0. The highest BCUT2D eigenvalue weighted by atomic mass is 79.9. The molecular formula is C13H10BrNS. The summed E-state index contributed by atoms with van der Waals surface area (Å²) >= 11 is 5.43. The van der Waals surface area contributed by atoms with E-state index in [4.69, 9.17) is 0 Å². The highest BCUT2D eigenvalue weighted by molar-refractivity contribution is 9.14. The molecule has 3 heteroatoms. The van der Waals surface area contributed by atoms with Crippen molar-refractivity contribution >= 4 is 38.5 Å². The molecule has 0 bridgehead atoms. The number of aromatic nitrogens is 1. The minimum absolute atomic E-state index is 0.562. The molecular weight excluding hydrogens is 282 g/mol. The second-order valence-corrected chi connectivity index (χ2v) is 6.46. The minimum atomic E-state index is 0.562. The highest BCUT2D eigenvalue weighted by Crippen LogP contribution is 2.46. The van der Waals surface area contributed by atoms with Crippen molar-refractivity contribution in [2.75, 3.05) is 0 Å². The number of rotatable bonds is 1. The van der Waals surface area contributed by atoms with Gasteiger partial charge in [0.05, 0.1) is 0 Å². The maximum Gasteiger partial charge on any atom is 0.0469 e. The average molecular weight is 292 g/mol. The van der Waals surface area contributed by atoms with Crippen LogP contribution in [0.4, 0.5) is 0 Å². The molecule has 16 heavy (non-hydrogen) atoms. The molecule has 0 amide bonds. The van der Waals surface area contributed by atoms with Crippen LogP contribution in [0.2, 0.25) is 0 Å². The van der Waals surface area contributed by atoms with Gasteiger partial charge in [0, 0.05) is 26.8 Å². The number of pyridine rings is 1. The number of fused-ring (bicyclic) bond motifs is 1. The number of benzene rings is 1. The Morgan fingerprint density at radius 2 is 2.19 bits per heavy atom. The normalized spacial score (nSPS) is 20.1. The molecule has 0 spiro atoms. The Bertz CT molecular complexity index is 565. The van der Waals surface area contributed by atoms with Crippen molar-refractivity contribution in [1.29, 1.82) is 0 Å². The summed E-state index contributed by atoms with van der Waals surface area (Å²) in [5, 5.41) is 3.05. The standard InChI is InChI=1S/C13H10BrNS/c14-13-4-3-12(16-13)10-1-2-11-8-15-6-5-9(11)7-10/h1-2,4-8,12H,3H2. The first-order chi connectivity index (χ1) is 7.83. The lowest BCUT2D eigenvalue weighted by molar-refractivity contribution is 0.993. The molecule has 1 unspecified atom stereocenters. The van der Waals surface area contributed by atoms with Gasteiger partial charge in [-0.05, 0) is 45.4 Å². The summed E-state index contributed by atoms with van der Waals surface area (Å²) < 4.78 is 1.26. The molecule has 1 aromatic heterocycles. The number of allylic oxidation sites excluding steroid dienone is 1. The van der Waals surface area contributed by atoms with Crippen LogP contribution in [0.3, 0.4) is 0 Å². The highest BCUT2D eigenvalue weighted by Gasteiger charge is 2.18. The monoisotopic (exact) mass is 291 g/mol. The van der Waals surface area contributed by atoms with Gasteiger partial charge in [-0.1, -0.05) is 18.2 Å². The van der Waals surface area contributed by atoms with E-state index in [1.807, 2.05) is 24.2 Å². The minimum Gasteiger partial charge on any atom is -0.264 e. The number of thioether (sulfide) groups is 1. The average Bonchev–Trinajstić information content (AvgIpc) is 2.75. The molecule has 0 radical (unpaired) electrons. The maximum atomic E-state index is 4.13. The van der Waals surface area contributed by atoms with E-state index in [1.54, 1.807) is 0 Å². The van der Waals surface area contributed by atoms with Crippen molar-refractivity contribution in [3.05, 3.63) is 52.1 Å². The second-order valence-electron chi connectivity index (χ2n) is 3.83. The molecule has 1 aliphatic rings. The van der Waals surface area contributed by atoms with E-state index in [9.17, 15) is 0 Å². The Morgan fingerprint density at radius 1 is 1.25 bits per heavy atom. The third kappa shape index (κ3) is 1.89. The number of hydrogen-bond donors (Lipinski definition) is 0. The molecule has 0 saturated carbocycles. The summed E-state index contributed by atoms with van der Waals surface area (Å²) in [6.45, 7) is 0. The molecule has 80 valence electrons. The summed E-state index contributed by atoms with van der Waals surface area (Å²) in [4.78, 5) is 4.13. The molecule has 2 heterocycles. The van der Waals surface area contributed by atoms with Gasteiger partial charge in [-0.15, -0.1) is 11.8 Å². The van der Waals surface area contributed by atoms with Crippen LogP contribution >= 0.6 is 27.7 Å². The number of halogens is 1. The fourth-order valence-corrected chi connectivity index (χ4v) is 3.74. The molecule has 0 saturated heterocycles. The fraction of sp³-hybridized carbons (Fsp3) is 0.154. The molecule has 1 aromatic carbocycles. The molecule has 1 atom stereocenters. The predicted molar refractivity (Wildman–Crippen MR) is 73.7 cm³/mol. The lowest BCUT2D eigenvalue weighted by Crippen LogP contribution is -1.88. The summed E-state index contributed by atoms with van der Waals surface area (Å²) in [5.74, 6) is 0.